The molecular formula is C13H18FNO4S. The Morgan fingerprint density at radius 1 is 1.50 bits per heavy atom. The van der Waals surface area contributed by atoms with Gasteiger partial charge in [0, 0.05) is 13.1 Å². The van der Waals surface area contributed by atoms with Crippen molar-refractivity contribution in [1.29, 1.82) is 0 Å². The van der Waals surface area contributed by atoms with Gasteiger partial charge in [-0.05, 0) is 37.5 Å². The molecular weight excluding hydrogens is 285 g/mol. The van der Waals surface area contributed by atoms with Crippen LogP contribution in [0, 0.1) is 11.7 Å². The summed E-state index contributed by atoms with van der Waals surface area (Å²) in [5.74, 6) is -0.778. The maximum atomic E-state index is 13.6. The van der Waals surface area contributed by atoms with Crippen LogP contribution in [0.25, 0.3) is 0 Å². The number of aliphatic hydroxyl groups excluding tert-OH is 1. The Labute approximate surface area is 118 Å². The summed E-state index contributed by atoms with van der Waals surface area (Å²) in [5, 5.41) is 9.52. The lowest BCUT2D eigenvalue weighted by atomic mass is 10.0. The number of ether oxygens (including phenoxy) is 1. The molecule has 5 nitrogen and oxygen atoms in total. The molecule has 0 radical (unpaired) electrons. The standard InChI is InChI=1S/C13H18FNO4S/c1-9(16)10-5-6-15(8-10)20(17,18)11-3-4-13(19-2)12(14)7-11/h3-4,7,9-10,16H,5-6,8H2,1-2H3. The zero-order valence-electron chi connectivity index (χ0n) is 11.4. The molecule has 0 spiro atoms. The topological polar surface area (TPSA) is 66.8 Å². The van der Waals surface area contributed by atoms with Crippen LogP contribution in [-0.2, 0) is 10.0 Å². The first-order valence-corrected chi connectivity index (χ1v) is 7.82. The predicted molar refractivity (Wildman–Crippen MR) is 71.5 cm³/mol. The summed E-state index contributed by atoms with van der Waals surface area (Å²) in [4.78, 5) is -0.0953. The van der Waals surface area contributed by atoms with E-state index >= 15 is 0 Å². The van der Waals surface area contributed by atoms with Crippen LogP contribution in [0.2, 0.25) is 0 Å². The first-order valence-electron chi connectivity index (χ1n) is 6.38. The molecule has 1 saturated heterocycles. The molecule has 1 aliphatic heterocycles. The second kappa shape index (κ2) is 5.67. The van der Waals surface area contributed by atoms with Crippen LogP contribution in [0.1, 0.15) is 13.3 Å². The molecule has 7 heteroatoms. The van der Waals surface area contributed by atoms with Crippen LogP contribution < -0.4 is 4.74 Å². The second-order valence-electron chi connectivity index (χ2n) is 4.95. The number of benzene rings is 1. The highest BCUT2D eigenvalue weighted by Crippen LogP contribution is 2.28. The lowest BCUT2D eigenvalue weighted by Crippen LogP contribution is -2.30. The van der Waals surface area contributed by atoms with Gasteiger partial charge in [-0.1, -0.05) is 0 Å². The summed E-state index contributed by atoms with van der Waals surface area (Å²) in [6.45, 7) is 2.24. The molecule has 1 aromatic rings. The molecule has 2 atom stereocenters. The third-order valence-corrected chi connectivity index (χ3v) is 5.49. The summed E-state index contributed by atoms with van der Waals surface area (Å²) in [7, 11) is -2.41. The van der Waals surface area contributed by atoms with Crippen molar-refractivity contribution in [3.63, 3.8) is 0 Å². The maximum absolute atomic E-state index is 13.6. The lowest BCUT2D eigenvalue weighted by molar-refractivity contribution is 0.133. The number of rotatable bonds is 4. The average Bonchev–Trinajstić information content (AvgIpc) is 2.89. The van der Waals surface area contributed by atoms with Gasteiger partial charge in [0.05, 0.1) is 18.1 Å². The van der Waals surface area contributed by atoms with Crippen molar-refractivity contribution in [3.05, 3.63) is 24.0 Å². The van der Waals surface area contributed by atoms with Crippen molar-refractivity contribution >= 4 is 10.0 Å². The quantitative estimate of drug-likeness (QED) is 0.908. The number of sulfonamides is 1. The number of aliphatic hydroxyl groups is 1. The normalized spacial score (nSPS) is 21.9. The minimum atomic E-state index is -3.73. The first kappa shape index (κ1) is 15.2. The van der Waals surface area contributed by atoms with Gasteiger partial charge in [-0.25, -0.2) is 12.8 Å². The SMILES string of the molecule is COc1ccc(S(=O)(=O)N2CCC(C(C)O)C2)cc1F. The summed E-state index contributed by atoms with van der Waals surface area (Å²) >= 11 is 0. The Balaban J connectivity index is 2.25. The lowest BCUT2D eigenvalue weighted by Gasteiger charge is -2.18. The van der Waals surface area contributed by atoms with Gasteiger partial charge in [0.2, 0.25) is 10.0 Å². The van der Waals surface area contributed by atoms with Crippen molar-refractivity contribution in [1.82, 2.24) is 4.31 Å². The molecule has 20 heavy (non-hydrogen) atoms. The predicted octanol–water partition coefficient (Wildman–Crippen LogP) is 1.23. The molecule has 0 saturated carbocycles. The minimum Gasteiger partial charge on any atom is -0.494 e. The van der Waals surface area contributed by atoms with Gasteiger partial charge < -0.3 is 9.84 Å². The highest BCUT2D eigenvalue weighted by molar-refractivity contribution is 7.89. The smallest absolute Gasteiger partial charge is 0.243 e. The number of hydrogen-bond donors (Lipinski definition) is 1. The van der Waals surface area contributed by atoms with E-state index in [1.807, 2.05) is 0 Å². The summed E-state index contributed by atoms with van der Waals surface area (Å²) in [6.07, 6.45) is 0.0537. The third-order valence-electron chi connectivity index (χ3n) is 3.63. The minimum absolute atomic E-state index is 0.00669. The first-order chi connectivity index (χ1) is 9.36. The van der Waals surface area contributed by atoms with E-state index < -0.39 is 21.9 Å². The third kappa shape index (κ3) is 2.79. The van der Waals surface area contributed by atoms with E-state index in [1.165, 1.54) is 23.5 Å². The van der Waals surface area contributed by atoms with Crippen molar-refractivity contribution in [2.45, 2.75) is 24.3 Å². The molecule has 2 rings (SSSR count). The Morgan fingerprint density at radius 3 is 2.70 bits per heavy atom. The van der Waals surface area contributed by atoms with Crippen LogP contribution in [0.4, 0.5) is 4.39 Å². The molecule has 1 fully saturated rings. The van der Waals surface area contributed by atoms with Crippen molar-refractivity contribution in [2.75, 3.05) is 20.2 Å². The summed E-state index contributed by atoms with van der Waals surface area (Å²) in [6, 6.07) is 3.58. The highest BCUT2D eigenvalue weighted by atomic mass is 32.2. The van der Waals surface area contributed by atoms with E-state index in [1.54, 1.807) is 6.92 Å². The average molecular weight is 303 g/mol. The molecule has 2 unspecified atom stereocenters. The maximum Gasteiger partial charge on any atom is 0.243 e. The largest absolute Gasteiger partial charge is 0.494 e. The van der Waals surface area contributed by atoms with E-state index in [0.29, 0.717) is 13.0 Å². The molecule has 1 aromatic carbocycles. The molecule has 0 aliphatic carbocycles. The second-order valence-corrected chi connectivity index (χ2v) is 6.89. The fourth-order valence-corrected chi connectivity index (χ4v) is 3.85. The molecule has 0 bridgehead atoms. The van der Waals surface area contributed by atoms with Crippen LogP contribution in [0.15, 0.2) is 23.1 Å². The number of nitrogens with zero attached hydrogens (tertiary/aromatic N) is 1. The molecule has 0 amide bonds. The highest BCUT2D eigenvalue weighted by Gasteiger charge is 2.34. The molecule has 1 heterocycles. The van der Waals surface area contributed by atoms with E-state index in [4.69, 9.17) is 4.74 Å². The van der Waals surface area contributed by atoms with E-state index in [-0.39, 0.29) is 23.1 Å². The number of hydrogen-bond acceptors (Lipinski definition) is 4. The molecule has 1 aliphatic rings. The molecule has 112 valence electrons. The fraction of sp³-hybridized carbons (Fsp3) is 0.538. The van der Waals surface area contributed by atoms with Crippen LogP contribution in [0.3, 0.4) is 0 Å². The Hall–Kier alpha value is -1.18. The summed E-state index contributed by atoms with van der Waals surface area (Å²) in [5.41, 5.74) is 0. The fourth-order valence-electron chi connectivity index (χ4n) is 2.32. The van der Waals surface area contributed by atoms with Crippen LogP contribution in [-0.4, -0.2) is 44.1 Å². The van der Waals surface area contributed by atoms with Gasteiger partial charge >= 0.3 is 0 Å². The van der Waals surface area contributed by atoms with Crippen LogP contribution in [0.5, 0.6) is 5.75 Å². The van der Waals surface area contributed by atoms with Crippen molar-refractivity contribution < 1.29 is 22.7 Å². The zero-order chi connectivity index (χ0) is 14.9. The van der Waals surface area contributed by atoms with Crippen molar-refractivity contribution in [3.8, 4) is 5.75 Å². The monoisotopic (exact) mass is 303 g/mol. The van der Waals surface area contributed by atoms with E-state index in [9.17, 15) is 17.9 Å². The molecule has 0 aromatic heterocycles. The van der Waals surface area contributed by atoms with Gasteiger partial charge in [-0.3, -0.25) is 0 Å². The van der Waals surface area contributed by atoms with Gasteiger partial charge in [0.1, 0.15) is 0 Å². The Kier molecular flexibility index (Phi) is 4.31. The van der Waals surface area contributed by atoms with Gasteiger partial charge in [-0.2, -0.15) is 4.31 Å². The van der Waals surface area contributed by atoms with Crippen LogP contribution >= 0.6 is 0 Å². The number of methoxy groups -OCH3 is 1. The van der Waals surface area contributed by atoms with E-state index in [0.717, 1.165) is 6.07 Å². The summed E-state index contributed by atoms with van der Waals surface area (Å²) < 4.78 is 44.5. The zero-order valence-corrected chi connectivity index (χ0v) is 12.2. The van der Waals surface area contributed by atoms with Gasteiger partial charge in [-0.15, -0.1) is 0 Å². The number of halogens is 1. The van der Waals surface area contributed by atoms with Gasteiger partial charge in [0.25, 0.3) is 0 Å². The van der Waals surface area contributed by atoms with Crippen molar-refractivity contribution in [2.24, 2.45) is 5.92 Å². The molecule has 1 N–H and O–H groups in total. The Morgan fingerprint density at radius 2 is 2.20 bits per heavy atom. The van der Waals surface area contributed by atoms with Gasteiger partial charge in [0.15, 0.2) is 11.6 Å². The van der Waals surface area contributed by atoms with E-state index in [2.05, 4.69) is 0 Å². The Bertz CT molecular complexity index is 588.